The molecule has 0 fully saturated rings. The molecular weight excluding hydrogens is 551 g/mol. The highest BCUT2D eigenvalue weighted by Crippen LogP contribution is 2.30. The van der Waals surface area contributed by atoms with Gasteiger partial charge in [-0.2, -0.15) is 8.78 Å². The zero-order valence-electron chi connectivity index (χ0n) is 20.0. The number of amides is 1. The summed E-state index contributed by atoms with van der Waals surface area (Å²) in [5.41, 5.74) is 1.34. The van der Waals surface area contributed by atoms with E-state index in [0.29, 0.717) is 11.4 Å². The third kappa shape index (κ3) is 5.98. The summed E-state index contributed by atoms with van der Waals surface area (Å²) >= 11 is 0. The second-order valence-electron chi connectivity index (χ2n) is 8.01. The number of sulfonamides is 1. The van der Waals surface area contributed by atoms with Crippen LogP contribution in [0, 0.1) is 42.9 Å². The zero-order chi connectivity index (χ0) is 28.5. The first kappa shape index (κ1) is 27.5. The van der Waals surface area contributed by atoms with Crippen LogP contribution in [0.4, 0.5) is 33.6 Å². The average molecular weight is 568 g/mol. The van der Waals surface area contributed by atoms with Crippen LogP contribution in [0.25, 0.3) is 0 Å². The predicted molar refractivity (Wildman–Crippen MR) is 126 cm³/mol. The van der Waals surface area contributed by atoms with Gasteiger partial charge in [0, 0.05) is 17.1 Å². The molecule has 0 saturated carbocycles. The molecule has 0 atom stereocenters. The van der Waals surface area contributed by atoms with Crippen molar-refractivity contribution in [2.24, 2.45) is 0 Å². The molecule has 2 heterocycles. The number of nitrogens with one attached hydrogen (secondary N) is 2. The number of benzene rings is 2. The van der Waals surface area contributed by atoms with Crippen molar-refractivity contribution < 1.29 is 44.3 Å². The molecule has 4 rings (SSSR count). The number of carbonyl (C=O) groups excluding carboxylic acids is 1. The van der Waals surface area contributed by atoms with E-state index in [1.165, 1.54) is 36.4 Å². The summed E-state index contributed by atoms with van der Waals surface area (Å²) in [5.74, 6) is -13.8. The van der Waals surface area contributed by atoms with E-state index in [1.807, 2.05) is 0 Å². The fraction of sp³-hybridized carbons (Fsp3) is 0.125. The Kier molecular flexibility index (Phi) is 7.53. The minimum atomic E-state index is -4.03. The quantitative estimate of drug-likeness (QED) is 0.174. The number of nitrogens with zero attached hydrogens (tertiary/aromatic N) is 2. The van der Waals surface area contributed by atoms with Crippen molar-refractivity contribution in [3.63, 3.8) is 0 Å². The van der Waals surface area contributed by atoms with Crippen molar-refractivity contribution in [3.8, 4) is 5.75 Å². The number of furan rings is 1. The van der Waals surface area contributed by atoms with E-state index in [-0.39, 0.29) is 28.1 Å². The lowest BCUT2D eigenvalue weighted by Gasteiger charge is -2.09. The Morgan fingerprint density at radius 3 is 2.03 bits per heavy atom. The van der Waals surface area contributed by atoms with E-state index in [0.717, 1.165) is 0 Å². The minimum Gasteiger partial charge on any atom is -0.479 e. The average Bonchev–Trinajstić information content (AvgIpc) is 3.35. The Morgan fingerprint density at radius 2 is 1.44 bits per heavy atom. The van der Waals surface area contributed by atoms with Gasteiger partial charge in [0.15, 0.2) is 11.5 Å². The summed E-state index contributed by atoms with van der Waals surface area (Å²) in [5, 5.41) is 2.45. The molecule has 0 spiro atoms. The number of halogens is 5. The molecule has 39 heavy (non-hydrogen) atoms. The second kappa shape index (κ2) is 10.7. The van der Waals surface area contributed by atoms with Gasteiger partial charge in [-0.3, -0.25) is 4.79 Å². The molecule has 0 saturated heterocycles. The maximum atomic E-state index is 13.7. The normalized spacial score (nSPS) is 11.4. The van der Waals surface area contributed by atoms with Crippen LogP contribution in [0.15, 0.2) is 51.8 Å². The minimum absolute atomic E-state index is 0.0948. The van der Waals surface area contributed by atoms with E-state index in [9.17, 15) is 35.2 Å². The predicted octanol–water partition coefficient (Wildman–Crippen LogP) is 5.01. The smallest absolute Gasteiger partial charge is 0.291 e. The van der Waals surface area contributed by atoms with Crippen LogP contribution < -0.4 is 14.8 Å². The van der Waals surface area contributed by atoms with Crippen LogP contribution in [-0.4, -0.2) is 24.3 Å². The lowest BCUT2D eigenvalue weighted by atomic mass is 10.2. The summed E-state index contributed by atoms with van der Waals surface area (Å²) in [6.45, 7) is 2.62. The first-order chi connectivity index (χ1) is 18.4. The molecule has 1 amide bonds. The zero-order valence-corrected chi connectivity index (χ0v) is 20.8. The number of aromatic nitrogens is 2. The first-order valence-corrected chi connectivity index (χ1v) is 12.3. The van der Waals surface area contributed by atoms with Crippen molar-refractivity contribution in [1.29, 1.82) is 0 Å². The first-order valence-electron chi connectivity index (χ1n) is 10.8. The molecule has 2 aromatic heterocycles. The van der Waals surface area contributed by atoms with Crippen molar-refractivity contribution >= 4 is 27.6 Å². The summed E-state index contributed by atoms with van der Waals surface area (Å²) in [6.07, 6.45) is 0. The summed E-state index contributed by atoms with van der Waals surface area (Å²) in [6, 6.07) is 9.13. The molecule has 0 aliphatic rings. The van der Waals surface area contributed by atoms with Gasteiger partial charge in [-0.05, 0) is 56.3 Å². The number of hydrogen-bond donors (Lipinski definition) is 2. The molecule has 0 unspecified atom stereocenters. The number of aryl methyl sites for hydroxylation is 2. The maximum Gasteiger partial charge on any atom is 0.291 e. The Labute approximate surface area is 217 Å². The molecule has 15 heteroatoms. The van der Waals surface area contributed by atoms with Crippen LogP contribution in [0.3, 0.4) is 0 Å². The lowest BCUT2D eigenvalue weighted by Crippen LogP contribution is -2.16. The Balaban J connectivity index is 1.40. The molecule has 4 aromatic rings. The molecule has 9 nitrogen and oxygen atoms in total. The number of carbonyl (C=O) groups is 1. The molecule has 0 aliphatic heterocycles. The van der Waals surface area contributed by atoms with Gasteiger partial charge in [-0.25, -0.2) is 36.3 Å². The van der Waals surface area contributed by atoms with Gasteiger partial charge in [0.1, 0.15) is 12.4 Å². The number of rotatable bonds is 8. The number of anilines is 2. The van der Waals surface area contributed by atoms with Gasteiger partial charge >= 0.3 is 0 Å². The van der Waals surface area contributed by atoms with Crippen LogP contribution in [-0.2, 0) is 16.6 Å². The number of hydrogen-bond acceptors (Lipinski definition) is 7. The summed E-state index contributed by atoms with van der Waals surface area (Å²) in [7, 11) is -4.03. The van der Waals surface area contributed by atoms with Crippen LogP contribution in [0.2, 0.25) is 0 Å². The van der Waals surface area contributed by atoms with Crippen molar-refractivity contribution in [2.45, 2.75) is 25.3 Å². The fourth-order valence-electron chi connectivity index (χ4n) is 3.29. The van der Waals surface area contributed by atoms with Crippen LogP contribution >= 0.6 is 0 Å². The largest absolute Gasteiger partial charge is 0.479 e. The second-order valence-corrected chi connectivity index (χ2v) is 9.69. The molecular formula is C24H17F5N4O5S. The Hall–Kier alpha value is -4.53. The van der Waals surface area contributed by atoms with Gasteiger partial charge in [0.25, 0.3) is 15.9 Å². The van der Waals surface area contributed by atoms with Gasteiger partial charge in [-0.1, -0.05) is 0 Å². The standard InChI is InChI=1S/C24H17F5N4O5S/c1-11-9-12(2)31-24(30-11)33-39(35,36)15-6-3-13(4-7-15)32-23(34)16-8-5-14(38-16)10-37-22-20(28)18(26)17(25)19(27)21(22)29/h3-9H,10H2,1-2H3,(H,32,34)(H,30,31,33). The van der Waals surface area contributed by atoms with Gasteiger partial charge in [0.2, 0.25) is 35.0 Å². The van der Waals surface area contributed by atoms with E-state index in [4.69, 9.17) is 4.42 Å². The monoisotopic (exact) mass is 568 g/mol. The van der Waals surface area contributed by atoms with Crippen molar-refractivity contribution in [1.82, 2.24) is 9.97 Å². The summed E-state index contributed by atoms with van der Waals surface area (Å²) in [4.78, 5) is 20.4. The van der Waals surface area contributed by atoms with E-state index < -0.39 is 57.4 Å². The number of ether oxygens (including phenoxy) is 1. The topological polar surface area (TPSA) is 123 Å². The molecule has 0 bridgehead atoms. The SMILES string of the molecule is Cc1cc(C)nc(NS(=O)(=O)c2ccc(NC(=O)c3ccc(COc4c(F)c(F)c(F)c(F)c4F)o3)cc2)n1. The van der Waals surface area contributed by atoms with Gasteiger partial charge < -0.3 is 14.5 Å². The third-order valence-electron chi connectivity index (χ3n) is 5.04. The molecule has 204 valence electrons. The lowest BCUT2D eigenvalue weighted by molar-refractivity contribution is 0.0992. The van der Waals surface area contributed by atoms with E-state index >= 15 is 0 Å². The summed E-state index contributed by atoms with van der Waals surface area (Å²) < 4.78 is 105. The molecule has 0 radical (unpaired) electrons. The van der Waals surface area contributed by atoms with Crippen LogP contribution in [0.1, 0.15) is 27.7 Å². The van der Waals surface area contributed by atoms with Gasteiger partial charge in [0.05, 0.1) is 4.90 Å². The maximum absolute atomic E-state index is 13.7. The molecule has 2 aromatic carbocycles. The van der Waals surface area contributed by atoms with Crippen molar-refractivity contribution in [2.75, 3.05) is 10.0 Å². The van der Waals surface area contributed by atoms with Crippen molar-refractivity contribution in [3.05, 3.63) is 94.5 Å². The molecule has 2 N–H and O–H groups in total. The van der Waals surface area contributed by atoms with Gasteiger partial charge in [-0.15, -0.1) is 0 Å². The highest BCUT2D eigenvalue weighted by atomic mass is 32.2. The van der Waals surface area contributed by atoms with E-state index in [1.54, 1.807) is 19.9 Å². The highest BCUT2D eigenvalue weighted by molar-refractivity contribution is 7.92. The Morgan fingerprint density at radius 1 is 0.872 bits per heavy atom. The molecule has 0 aliphatic carbocycles. The highest BCUT2D eigenvalue weighted by Gasteiger charge is 2.27. The fourth-order valence-corrected chi connectivity index (χ4v) is 4.24. The third-order valence-corrected chi connectivity index (χ3v) is 6.39. The van der Waals surface area contributed by atoms with E-state index in [2.05, 4.69) is 24.7 Å². The van der Waals surface area contributed by atoms with Crippen LogP contribution in [0.5, 0.6) is 5.75 Å². The Bertz CT molecular complexity index is 1630.